The van der Waals surface area contributed by atoms with Gasteiger partial charge in [0.2, 0.25) is 0 Å². The number of rotatable bonds is 6. The second-order valence-electron chi connectivity index (χ2n) is 5.05. The molecule has 0 saturated heterocycles. The third-order valence-electron chi connectivity index (χ3n) is 2.31. The van der Waals surface area contributed by atoms with Gasteiger partial charge >= 0.3 is 0 Å². The molecule has 0 atom stereocenters. The number of halogens is 2. The van der Waals surface area contributed by atoms with Gasteiger partial charge in [-0.3, -0.25) is 0 Å². The van der Waals surface area contributed by atoms with Crippen molar-refractivity contribution in [2.75, 3.05) is 20.3 Å². The van der Waals surface area contributed by atoms with E-state index >= 15 is 0 Å². The van der Waals surface area contributed by atoms with Crippen LogP contribution >= 0.6 is 23.2 Å². The van der Waals surface area contributed by atoms with E-state index in [1.165, 1.54) is 0 Å². The molecular formula is C14H20Cl2O3. The first-order valence-corrected chi connectivity index (χ1v) is 6.97. The molecule has 0 aliphatic carbocycles. The lowest BCUT2D eigenvalue weighted by molar-refractivity contribution is -0.0165. The van der Waals surface area contributed by atoms with E-state index in [-0.39, 0.29) is 5.60 Å². The number of hydrogen-bond donors (Lipinski definition) is 0. The summed E-state index contributed by atoms with van der Waals surface area (Å²) in [7, 11) is 1.57. The maximum atomic E-state index is 6.16. The molecular weight excluding hydrogens is 287 g/mol. The highest BCUT2D eigenvalue weighted by Gasteiger charge is 2.13. The Morgan fingerprint density at radius 1 is 1.16 bits per heavy atom. The van der Waals surface area contributed by atoms with Crippen molar-refractivity contribution in [3.05, 3.63) is 22.7 Å². The normalized spacial score (nSPS) is 11.5. The Hall–Kier alpha value is -0.640. The number of benzene rings is 1. The molecule has 0 aliphatic heterocycles. The van der Waals surface area contributed by atoms with Crippen LogP contribution in [0.25, 0.3) is 0 Å². The molecule has 0 unspecified atom stereocenters. The summed E-state index contributed by atoms with van der Waals surface area (Å²) in [6.45, 7) is 6.88. The van der Waals surface area contributed by atoms with Gasteiger partial charge in [0.05, 0.1) is 24.3 Å². The zero-order chi connectivity index (χ0) is 14.5. The minimum absolute atomic E-state index is 0.181. The number of ether oxygens (including phenoxy) is 3. The Labute approximate surface area is 124 Å². The zero-order valence-electron chi connectivity index (χ0n) is 11.8. The lowest BCUT2D eigenvalue weighted by Crippen LogP contribution is -2.22. The van der Waals surface area contributed by atoms with Crippen molar-refractivity contribution in [3.8, 4) is 11.5 Å². The van der Waals surface area contributed by atoms with Crippen molar-refractivity contribution in [3.63, 3.8) is 0 Å². The van der Waals surface area contributed by atoms with E-state index in [1.54, 1.807) is 13.2 Å². The predicted molar refractivity (Wildman–Crippen MR) is 78.8 cm³/mol. The summed E-state index contributed by atoms with van der Waals surface area (Å²) in [4.78, 5) is 0. The van der Waals surface area contributed by atoms with Crippen LogP contribution in [0.4, 0.5) is 0 Å². The topological polar surface area (TPSA) is 27.7 Å². The van der Waals surface area contributed by atoms with Gasteiger partial charge in [0.15, 0.2) is 11.5 Å². The molecule has 1 aromatic carbocycles. The molecule has 108 valence electrons. The molecule has 0 N–H and O–H groups in total. The second-order valence-corrected chi connectivity index (χ2v) is 5.73. The van der Waals surface area contributed by atoms with Gasteiger partial charge in [-0.2, -0.15) is 0 Å². The van der Waals surface area contributed by atoms with Crippen molar-refractivity contribution >= 4 is 23.2 Å². The molecule has 0 heterocycles. The van der Waals surface area contributed by atoms with E-state index < -0.39 is 0 Å². The van der Waals surface area contributed by atoms with Gasteiger partial charge in [-0.25, -0.2) is 0 Å². The van der Waals surface area contributed by atoms with Crippen LogP contribution in [0, 0.1) is 0 Å². The van der Waals surface area contributed by atoms with Crippen LogP contribution in [0.2, 0.25) is 5.02 Å². The van der Waals surface area contributed by atoms with Gasteiger partial charge in [-0.05, 0) is 38.5 Å². The average molecular weight is 307 g/mol. The first kappa shape index (κ1) is 16.4. The molecule has 1 rings (SSSR count). The quantitative estimate of drug-likeness (QED) is 0.580. The third kappa shape index (κ3) is 5.47. The SMILES string of the molecule is COc1cc(CCl)cc(Cl)c1OCCOC(C)(C)C. The molecule has 0 aliphatic rings. The van der Waals surface area contributed by atoms with Crippen LogP contribution in [0.1, 0.15) is 26.3 Å². The fourth-order valence-electron chi connectivity index (χ4n) is 1.48. The molecule has 0 spiro atoms. The maximum absolute atomic E-state index is 6.16. The van der Waals surface area contributed by atoms with Gasteiger partial charge in [0.1, 0.15) is 6.61 Å². The monoisotopic (exact) mass is 306 g/mol. The van der Waals surface area contributed by atoms with E-state index in [1.807, 2.05) is 26.8 Å². The van der Waals surface area contributed by atoms with E-state index in [9.17, 15) is 0 Å². The highest BCUT2D eigenvalue weighted by Crippen LogP contribution is 2.36. The van der Waals surface area contributed by atoms with Crippen LogP contribution in [0.5, 0.6) is 11.5 Å². The van der Waals surface area contributed by atoms with E-state index in [2.05, 4.69) is 0 Å². The minimum Gasteiger partial charge on any atom is -0.493 e. The Bertz CT molecular complexity index is 414. The van der Waals surface area contributed by atoms with Gasteiger partial charge in [0, 0.05) is 5.88 Å². The van der Waals surface area contributed by atoms with E-state index in [0.29, 0.717) is 35.6 Å². The Kier molecular flexibility index (Phi) is 6.24. The largest absolute Gasteiger partial charge is 0.493 e. The third-order valence-corrected chi connectivity index (χ3v) is 2.90. The molecule has 0 aromatic heterocycles. The Morgan fingerprint density at radius 3 is 2.37 bits per heavy atom. The van der Waals surface area contributed by atoms with Crippen LogP contribution in [-0.4, -0.2) is 25.9 Å². The summed E-state index contributed by atoms with van der Waals surface area (Å²) >= 11 is 11.9. The van der Waals surface area contributed by atoms with Gasteiger partial charge in [-0.1, -0.05) is 11.6 Å². The molecule has 0 amide bonds. The van der Waals surface area contributed by atoms with Gasteiger partial charge < -0.3 is 14.2 Å². The predicted octanol–water partition coefficient (Wildman–Crippen LogP) is 4.28. The van der Waals surface area contributed by atoms with Crippen LogP contribution in [-0.2, 0) is 10.6 Å². The van der Waals surface area contributed by atoms with Crippen molar-refractivity contribution in [1.29, 1.82) is 0 Å². The summed E-state index contributed by atoms with van der Waals surface area (Å²) in [5.74, 6) is 1.48. The van der Waals surface area contributed by atoms with Gasteiger partial charge in [-0.15, -0.1) is 11.6 Å². The number of alkyl halides is 1. The lowest BCUT2D eigenvalue weighted by Gasteiger charge is -2.20. The Morgan fingerprint density at radius 2 is 1.84 bits per heavy atom. The number of methoxy groups -OCH3 is 1. The van der Waals surface area contributed by atoms with Crippen LogP contribution in [0.15, 0.2) is 12.1 Å². The first-order chi connectivity index (χ1) is 8.87. The summed E-state index contributed by atoms with van der Waals surface area (Å²) in [6.07, 6.45) is 0. The Balaban J connectivity index is 2.67. The molecule has 0 saturated carbocycles. The first-order valence-electron chi connectivity index (χ1n) is 6.06. The summed E-state index contributed by atoms with van der Waals surface area (Å²) in [5.41, 5.74) is 0.710. The van der Waals surface area contributed by atoms with E-state index in [4.69, 9.17) is 37.4 Å². The maximum Gasteiger partial charge on any atom is 0.179 e. The van der Waals surface area contributed by atoms with Crippen LogP contribution < -0.4 is 9.47 Å². The lowest BCUT2D eigenvalue weighted by atomic mass is 10.2. The second kappa shape index (κ2) is 7.22. The highest BCUT2D eigenvalue weighted by atomic mass is 35.5. The van der Waals surface area contributed by atoms with Gasteiger partial charge in [0.25, 0.3) is 0 Å². The van der Waals surface area contributed by atoms with Crippen molar-refractivity contribution in [1.82, 2.24) is 0 Å². The summed E-state index contributed by atoms with van der Waals surface area (Å²) < 4.78 is 16.5. The molecule has 0 radical (unpaired) electrons. The molecule has 0 bridgehead atoms. The number of hydrogen-bond acceptors (Lipinski definition) is 3. The molecule has 19 heavy (non-hydrogen) atoms. The summed E-state index contributed by atoms with van der Waals surface area (Å²) in [5, 5.41) is 0.491. The molecule has 0 fully saturated rings. The molecule has 1 aromatic rings. The molecule has 3 nitrogen and oxygen atoms in total. The average Bonchev–Trinajstić information content (AvgIpc) is 2.34. The highest BCUT2D eigenvalue weighted by molar-refractivity contribution is 6.32. The van der Waals surface area contributed by atoms with Crippen molar-refractivity contribution < 1.29 is 14.2 Å². The van der Waals surface area contributed by atoms with Crippen molar-refractivity contribution in [2.24, 2.45) is 0 Å². The summed E-state index contributed by atoms with van der Waals surface area (Å²) in [6, 6.07) is 3.59. The minimum atomic E-state index is -0.181. The van der Waals surface area contributed by atoms with E-state index in [0.717, 1.165) is 5.56 Å². The van der Waals surface area contributed by atoms with Crippen molar-refractivity contribution in [2.45, 2.75) is 32.3 Å². The fourth-order valence-corrected chi connectivity index (χ4v) is 1.92. The van der Waals surface area contributed by atoms with Crippen LogP contribution in [0.3, 0.4) is 0 Å². The zero-order valence-corrected chi connectivity index (χ0v) is 13.3. The molecule has 5 heteroatoms. The smallest absolute Gasteiger partial charge is 0.179 e. The fraction of sp³-hybridized carbons (Fsp3) is 0.571. The standard InChI is InChI=1S/C14H20Cl2O3/c1-14(2,3)19-6-5-18-13-11(16)7-10(9-15)8-12(13)17-4/h7-8H,5-6,9H2,1-4H3.